The SMILES string of the molecule is COCc1ccc(C(=O)C(C)(C)S(C)(=O)=O)o1. The monoisotopic (exact) mass is 260 g/mol. The van der Waals surface area contributed by atoms with Crippen LogP contribution in [-0.4, -0.2) is 32.3 Å². The van der Waals surface area contributed by atoms with E-state index in [9.17, 15) is 13.2 Å². The summed E-state index contributed by atoms with van der Waals surface area (Å²) in [6, 6.07) is 3.05. The summed E-state index contributed by atoms with van der Waals surface area (Å²) in [5.74, 6) is -0.0324. The Balaban J connectivity index is 3.04. The van der Waals surface area contributed by atoms with Crippen LogP contribution < -0.4 is 0 Å². The van der Waals surface area contributed by atoms with Gasteiger partial charge in [0, 0.05) is 13.4 Å². The maximum absolute atomic E-state index is 12.0. The zero-order valence-corrected chi connectivity index (χ0v) is 11.1. The molecule has 17 heavy (non-hydrogen) atoms. The largest absolute Gasteiger partial charge is 0.455 e. The van der Waals surface area contributed by atoms with E-state index in [1.54, 1.807) is 6.07 Å². The molecule has 0 bridgehead atoms. The molecule has 6 heteroatoms. The normalized spacial score (nSPS) is 12.7. The molecule has 0 aliphatic carbocycles. The number of hydrogen-bond acceptors (Lipinski definition) is 5. The van der Waals surface area contributed by atoms with Crippen LogP contribution in [0.4, 0.5) is 0 Å². The molecule has 0 saturated heterocycles. The fraction of sp³-hybridized carbons (Fsp3) is 0.545. The molecule has 1 rings (SSSR count). The van der Waals surface area contributed by atoms with E-state index in [1.807, 2.05) is 0 Å². The van der Waals surface area contributed by atoms with Crippen LogP contribution >= 0.6 is 0 Å². The van der Waals surface area contributed by atoms with Crippen LogP contribution in [0.1, 0.15) is 30.2 Å². The van der Waals surface area contributed by atoms with Gasteiger partial charge in [0.2, 0.25) is 5.78 Å². The van der Waals surface area contributed by atoms with Crippen LogP contribution in [0.25, 0.3) is 0 Å². The number of Topliss-reactive ketones (excluding diaryl/α,β-unsaturated/α-hetero) is 1. The second kappa shape index (κ2) is 4.62. The van der Waals surface area contributed by atoms with Crippen molar-refractivity contribution in [2.75, 3.05) is 13.4 Å². The van der Waals surface area contributed by atoms with Crippen molar-refractivity contribution in [2.24, 2.45) is 0 Å². The molecule has 0 saturated carbocycles. The average molecular weight is 260 g/mol. The molecule has 0 amide bonds. The van der Waals surface area contributed by atoms with Crippen molar-refractivity contribution in [3.05, 3.63) is 23.7 Å². The van der Waals surface area contributed by atoms with Gasteiger partial charge in [0.05, 0.1) is 0 Å². The maximum atomic E-state index is 12.0. The zero-order chi connectivity index (χ0) is 13.3. The van der Waals surface area contributed by atoms with Crippen molar-refractivity contribution in [2.45, 2.75) is 25.2 Å². The lowest BCUT2D eigenvalue weighted by Gasteiger charge is -2.19. The van der Waals surface area contributed by atoms with Gasteiger partial charge < -0.3 is 9.15 Å². The van der Waals surface area contributed by atoms with Crippen LogP contribution in [0.5, 0.6) is 0 Å². The third-order valence-corrected chi connectivity index (χ3v) is 4.69. The molecular formula is C11H16O5S. The molecule has 0 aromatic carbocycles. The van der Waals surface area contributed by atoms with Crippen molar-refractivity contribution in [1.29, 1.82) is 0 Å². The molecule has 0 aliphatic rings. The van der Waals surface area contributed by atoms with Gasteiger partial charge in [0.15, 0.2) is 15.6 Å². The van der Waals surface area contributed by atoms with Gasteiger partial charge in [0.1, 0.15) is 17.1 Å². The summed E-state index contributed by atoms with van der Waals surface area (Å²) in [6.45, 7) is 2.97. The van der Waals surface area contributed by atoms with Crippen LogP contribution in [0.2, 0.25) is 0 Å². The molecule has 96 valence electrons. The van der Waals surface area contributed by atoms with Crippen LogP contribution in [0.3, 0.4) is 0 Å². The Morgan fingerprint density at radius 2 is 2.00 bits per heavy atom. The van der Waals surface area contributed by atoms with Crippen LogP contribution in [0.15, 0.2) is 16.5 Å². The predicted molar refractivity (Wildman–Crippen MR) is 62.7 cm³/mol. The van der Waals surface area contributed by atoms with Gasteiger partial charge in [-0.25, -0.2) is 8.42 Å². The number of hydrogen-bond donors (Lipinski definition) is 0. The first-order valence-corrected chi connectivity index (χ1v) is 6.91. The number of rotatable bonds is 5. The van der Waals surface area contributed by atoms with Crippen LogP contribution in [0, 0.1) is 0 Å². The first-order valence-electron chi connectivity index (χ1n) is 5.02. The fourth-order valence-electron chi connectivity index (χ4n) is 1.18. The highest BCUT2D eigenvalue weighted by Crippen LogP contribution is 2.23. The number of ketones is 1. The summed E-state index contributed by atoms with van der Waals surface area (Å²) in [5, 5.41) is 0. The molecule has 0 aliphatic heterocycles. The summed E-state index contributed by atoms with van der Waals surface area (Å²) in [7, 11) is -1.99. The van der Waals surface area contributed by atoms with Crippen molar-refractivity contribution in [3.63, 3.8) is 0 Å². The lowest BCUT2D eigenvalue weighted by Crippen LogP contribution is -2.39. The second-order valence-corrected chi connectivity index (χ2v) is 6.88. The van der Waals surface area contributed by atoms with Gasteiger partial charge in [-0.05, 0) is 26.0 Å². The number of ether oxygens (including phenoxy) is 1. The third kappa shape index (κ3) is 2.76. The topological polar surface area (TPSA) is 73.6 Å². The molecular weight excluding hydrogens is 244 g/mol. The molecule has 1 aromatic heterocycles. The van der Waals surface area contributed by atoms with E-state index in [0.717, 1.165) is 6.26 Å². The van der Waals surface area contributed by atoms with E-state index >= 15 is 0 Å². The molecule has 0 fully saturated rings. The van der Waals surface area contributed by atoms with Crippen LogP contribution in [-0.2, 0) is 21.2 Å². The van der Waals surface area contributed by atoms with E-state index in [4.69, 9.17) is 9.15 Å². The number of carbonyl (C=O) groups excluding carboxylic acids is 1. The second-order valence-electron chi connectivity index (χ2n) is 4.31. The third-order valence-electron chi connectivity index (χ3n) is 2.65. The Labute approximate surface area is 101 Å². The number of furan rings is 1. The van der Waals surface area contributed by atoms with Gasteiger partial charge in [-0.2, -0.15) is 0 Å². The van der Waals surface area contributed by atoms with Gasteiger partial charge in [-0.3, -0.25) is 4.79 Å². The summed E-state index contributed by atoms with van der Waals surface area (Å²) in [6.07, 6.45) is 1.03. The van der Waals surface area contributed by atoms with E-state index in [1.165, 1.54) is 27.0 Å². The number of sulfone groups is 1. The lowest BCUT2D eigenvalue weighted by atomic mass is 10.1. The summed E-state index contributed by atoms with van der Waals surface area (Å²) in [4.78, 5) is 12.0. The quantitative estimate of drug-likeness (QED) is 0.749. The Bertz CT molecular complexity index is 510. The van der Waals surface area contributed by atoms with Crippen molar-refractivity contribution < 1.29 is 22.4 Å². The Hall–Kier alpha value is -1.14. The first-order chi connectivity index (χ1) is 7.70. The Morgan fingerprint density at radius 3 is 2.47 bits per heavy atom. The standard InChI is InChI=1S/C11H16O5S/c1-11(2,17(4,13)14)10(12)9-6-5-8(16-9)7-15-3/h5-6H,7H2,1-4H3. The van der Waals surface area contributed by atoms with Crippen molar-refractivity contribution >= 4 is 15.6 Å². The zero-order valence-electron chi connectivity index (χ0n) is 10.3. The molecule has 0 N–H and O–H groups in total. The lowest BCUT2D eigenvalue weighted by molar-refractivity contribution is 0.0918. The van der Waals surface area contributed by atoms with E-state index in [-0.39, 0.29) is 12.4 Å². The van der Waals surface area contributed by atoms with E-state index in [2.05, 4.69) is 0 Å². The smallest absolute Gasteiger partial charge is 0.218 e. The number of methoxy groups -OCH3 is 1. The molecule has 1 heterocycles. The highest BCUT2D eigenvalue weighted by atomic mass is 32.2. The van der Waals surface area contributed by atoms with E-state index in [0.29, 0.717) is 5.76 Å². The Morgan fingerprint density at radius 1 is 1.41 bits per heavy atom. The minimum Gasteiger partial charge on any atom is -0.455 e. The molecule has 5 nitrogen and oxygen atoms in total. The summed E-state index contributed by atoms with van der Waals surface area (Å²) in [5.41, 5.74) is 0. The molecule has 0 unspecified atom stereocenters. The van der Waals surface area contributed by atoms with Gasteiger partial charge in [-0.15, -0.1) is 0 Å². The average Bonchev–Trinajstić information content (AvgIpc) is 2.64. The summed E-state index contributed by atoms with van der Waals surface area (Å²) < 4.78 is 31.6. The highest BCUT2D eigenvalue weighted by Gasteiger charge is 2.40. The van der Waals surface area contributed by atoms with Gasteiger partial charge in [0.25, 0.3) is 0 Å². The van der Waals surface area contributed by atoms with Crippen molar-refractivity contribution in [1.82, 2.24) is 0 Å². The summed E-state index contributed by atoms with van der Waals surface area (Å²) >= 11 is 0. The minimum absolute atomic E-state index is 0.0347. The van der Waals surface area contributed by atoms with Gasteiger partial charge >= 0.3 is 0 Å². The van der Waals surface area contributed by atoms with E-state index < -0.39 is 20.4 Å². The number of carbonyl (C=O) groups is 1. The minimum atomic E-state index is -3.49. The Kier molecular flexibility index (Phi) is 3.78. The molecule has 0 radical (unpaired) electrons. The molecule has 1 aromatic rings. The predicted octanol–water partition coefficient (Wildman–Crippen LogP) is 1.43. The van der Waals surface area contributed by atoms with Gasteiger partial charge in [-0.1, -0.05) is 0 Å². The fourth-order valence-corrected chi connectivity index (χ4v) is 1.62. The highest BCUT2D eigenvalue weighted by molar-refractivity contribution is 7.92. The maximum Gasteiger partial charge on any atom is 0.218 e. The first kappa shape index (κ1) is 13.9. The molecule has 0 spiro atoms. The molecule has 0 atom stereocenters. The van der Waals surface area contributed by atoms with Crippen molar-refractivity contribution in [3.8, 4) is 0 Å².